The second-order valence-electron chi connectivity index (χ2n) is 6.25. The summed E-state index contributed by atoms with van der Waals surface area (Å²) < 4.78 is 5.95. The molecule has 0 atom stereocenters. The van der Waals surface area contributed by atoms with Crippen LogP contribution >= 0.6 is 15.9 Å². The maximum absolute atomic E-state index is 13.0. The zero-order valence-corrected chi connectivity index (χ0v) is 17.3. The van der Waals surface area contributed by atoms with Crippen LogP contribution in [0.25, 0.3) is 6.08 Å². The van der Waals surface area contributed by atoms with Crippen LogP contribution in [-0.2, 0) is 14.4 Å². The highest BCUT2D eigenvalue weighted by molar-refractivity contribution is 9.10. The highest BCUT2D eigenvalue weighted by Gasteiger charge is 2.37. The Bertz CT molecular complexity index is 1060. The number of barbiturate groups is 1. The predicted molar refractivity (Wildman–Crippen MR) is 110 cm³/mol. The van der Waals surface area contributed by atoms with E-state index in [-0.39, 0.29) is 17.7 Å². The number of anilines is 1. The molecule has 0 spiro atoms. The number of urea groups is 1. The van der Waals surface area contributed by atoms with Crippen LogP contribution in [0.3, 0.4) is 0 Å². The molecule has 0 aromatic heterocycles. The lowest BCUT2D eigenvalue weighted by molar-refractivity contribution is -0.134. The van der Waals surface area contributed by atoms with Crippen LogP contribution in [0.1, 0.15) is 24.5 Å². The van der Waals surface area contributed by atoms with Gasteiger partial charge in [0.05, 0.1) is 5.69 Å². The number of amides is 4. The molecule has 1 N–H and O–H groups in total. The Morgan fingerprint density at radius 3 is 2.59 bits per heavy atom. The van der Waals surface area contributed by atoms with Crippen LogP contribution in [0, 0.1) is 6.92 Å². The number of nitrogens with zero attached hydrogens (tertiary/aromatic N) is 1. The third-order valence-electron chi connectivity index (χ3n) is 4.24. The average molecular weight is 457 g/mol. The van der Waals surface area contributed by atoms with E-state index in [2.05, 4.69) is 21.2 Å². The van der Waals surface area contributed by atoms with Gasteiger partial charge in [0.25, 0.3) is 11.8 Å². The van der Waals surface area contributed by atoms with Gasteiger partial charge in [-0.2, -0.15) is 0 Å². The summed E-state index contributed by atoms with van der Waals surface area (Å²) in [7, 11) is 0. The number of aryl methyl sites for hydroxylation is 1. The molecule has 2 aromatic rings. The first-order valence-electron chi connectivity index (χ1n) is 8.79. The van der Waals surface area contributed by atoms with Gasteiger partial charge < -0.3 is 4.74 Å². The molecule has 2 aromatic carbocycles. The molecule has 4 amide bonds. The third-order valence-corrected chi connectivity index (χ3v) is 4.74. The largest absolute Gasteiger partial charge is 0.426 e. The molecule has 3 rings (SSSR count). The van der Waals surface area contributed by atoms with Crippen molar-refractivity contribution in [3.63, 3.8) is 0 Å². The van der Waals surface area contributed by atoms with Crippen LogP contribution in [0.4, 0.5) is 10.5 Å². The lowest BCUT2D eigenvalue weighted by Gasteiger charge is -2.27. The highest BCUT2D eigenvalue weighted by Crippen LogP contribution is 2.29. The zero-order valence-electron chi connectivity index (χ0n) is 15.7. The number of nitrogens with one attached hydrogen (secondary N) is 1. The van der Waals surface area contributed by atoms with Crippen molar-refractivity contribution in [3.05, 3.63) is 63.6 Å². The van der Waals surface area contributed by atoms with Gasteiger partial charge in [0, 0.05) is 16.5 Å². The molecule has 0 unspecified atom stereocenters. The molecule has 148 valence electrons. The smallest absolute Gasteiger partial charge is 0.335 e. The quantitative estimate of drug-likeness (QED) is 0.327. The van der Waals surface area contributed by atoms with E-state index >= 15 is 0 Å². The van der Waals surface area contributed by atoms with Gasteiger partial charge in [0.15, 0.2) is 0 Å². The number of hydrogen-bond donors (Lipinski definition) is 1. The van der Waals surface area contributed by atoms with Crippen LogP contribution < -0.4 is 15.0 Å². The summed E-state index contributed by atoms with van der Waals surface area (Å²) in [5.41, 5.74) is 1.17. The van der Waals surface area contributed by atoms with E-state index in [1.165, 1.54) is 6.08 Å². The zero-order chi connectivity index (χ0) is 21.1. The fourth-order valence-electron chi connectivity index (χ4n) is 2.77. The first-order valence-corrected chi connectivity index (χ1v) is 9.58. The van der Waals surface area contributed by atoms with E-state index in [0.29, 0.717) is 21.3 Å². The lowest BCUT2D eigenvalue weighted by Crippen LogP contribution is -2.54. The number of para-hydroxylation sites is 1. The molecule has 0 radical (unpaired) electrons. The fourth-order valence-corrected chi connectivity index (χ4v) is 3.14. The number of esters is 1. The molecular weight excluding hydrogens is 440 g/mol. The summed E-state index contributed by atoms with van der Waals surface area (Å²) >= 11 is 3.32. The van der Waals surface area contributed by atoms with Crippen LogP contribution in [-0.4, -0.2) is 23.8 Å². The normalized spacial score (nSPS) is 15.5. The van der Waals surface area contributed by atoms with Crippen molar-refractivity contribution in [1.82, 2.24) is 5.32 Å². The van der Waals surface area contributed by atoms with Crippen molar-refractivity contribution in [2.75, 3.05) is 4.90 Å². The van der Waals surface area contributed by atoms with Gasteiger partial charge in [-0.3, -0.25) is 19.7 Å². The Balaban J connectivity index is 2.07. The molecule has 7 nitrogen and oxygen atoms in total. The summed E-state index contributed by atoms with van der Waals surface area (Å²) in [6.07, 6.45) is 1.47. The second-order valence-corrected chi connectivity index (χ2v) is 7.17. The van der Waals surface area contributed by atoms with Gasteiger partial charge in [0.1, 0.15) is 11.3 Å². The number of hydrogen-bond acceptors (Lipinski definition) is 5. The van der Waals surface area contributed by atoms with E-state index in [0.717, 1.165) is 4.90 Å². The summed E-state index contributed by atoms with van der Waals surface area (Å²) in [5, 5.41) is 2.18. The highest BCUT2D eigenvalue weighted by atomic mass is 79.9. The Morgan fingerprint density at radius 2 is 1.90 bits per heavy atom. The molecule has 1 fully saturated rings. The molecule has 1 aliphatic rings. The Labute approximate surface area is 175 Å². The summed E-state index contributed by atoms with van der Waals surface area (Å²) in [4.78, 5) is 50.4. The molecule has 8 heteroatoms. The monoisotopic (exact) mass is 456 g/mol. The van der Waals surface area contributed by atoms with E-state index in [9.17, 15) is 19.2 Å². The molecule has 1 heterocycles. The van der Waals surface area contributed by atoms with Crippen LogP contribution in [0.15, 0.2) is 52.5 Å². The van der Waals surface area contributed by atoms with Gasteiger partial charge >= 0.3 is 12.0 Å². The second kappa shape index (κ2) is 8.40. The maximum atomic E-state index is 13.0. The van der Waals surface area contributed by atoms with Crippen molar-refractivity contribution in [2.24, 2.45) is 0 Å². The van der Waals surface area contributed by atoms with E-state index in [1.807, 2.05) is 0 Å². The first kappa shape index (κ1) is 20.5. The number of benzene rings is 2. The first-order chi connectivity index (χ1) is 13.8. The SMILES string of the molecule is CCC(=O)Oc1ccc(Br)cc1C=C1C(=O)NC(=O)N(c2ccccc2C)C1=O. The molecule has 0 aliphatic carbocycles. The number of imide groups is 2. The van der Waals surface area contributed by atoms with Crippen molar-refractivity contribution in [3.8, 4) is 5.75 Å². The topological polar surface area (TPSA) is 92.8 Å². The maximum Gasteiger partial charge on any atom is 0.335 e. The predicted octanol–water partition coefficient (Wildman–Crippen LogP) is 3.74. The van der Waals surface area contributed by atoms with Gasteiger partial charge in [-0.25, -0.2) is 9.69 Å². The number of carbonyl (C=O) groups excluding carboxylic acids is 4. The van der Waals surface area contributed by atoms with Gasteiger partial charge in [-0.15, -0.1) is 0 Å². The molecule has 1 saturated heterocycles. The van der Waals surface area contributed by atoms with Crippen molar-refractivity contribution >= 4 is 51.5 Å². The minimum atomic E-state index is -0.822. The van der Waals surface area contributed by atoms with E-state index in [4.69, 9.17) is 4.74 Å². The van der Waals surface area contributed by atoms with Crippen molar-refractivity contribution in [1.29, 1.82) is 0 Å². The Kier molecular flexibility index (Phi) is 5.93. The number of rotatable bonds is 4. The molecule has 0 bridgehead atoms. The lowest BCUT2D eigenvalue weighted by atomic mass is 10.1. The average Bonchev–Trinajstić information content (AvgIpc) is 2.68. The van der Waals surface area contributed by atoms with Gasteiger partial charge in [-0.05, 0) is 42.8 Å². The Morgan fingerprint density at radius 1 is 1.17 bits per heavy atom. The number of ether oxygens (including phenoxy) is 1. The van der Waals surface area contributed by atoms with Crippen LogP contribution in [0.5, 0.6) is 5.75 Å². The van der Waals surface area contributed by atoms with Crippen molar-refractivity contribution < 1.29 is 23.9 Å². The molecule has 0 saturated carbocycles. The molecule has 1 aliphatic heterocycles. The van der Waals surface area contributed by atoms with Gasteiger partial charge in [0.2, 0.25) is 0 Å². The summed E-state index contributed by atoms with van der Waals surface area (Å²) in [6, 6.07) is 10.9. The summed E-state index contributed by atoms with van der Waals surface area (Å²) in [6.45, 7) is 3.41. The number of halogens is 1. The third kappa shape index (κ3) is 4.27. The number of carbonyl (C=O) groups is 4. The Hall–Kier alpha value is -3.26. The standard InChI is InChI=1S/C21H17BrN2O5/c1-3-18(25)29-17-9-8-14(22)10-13(17)11-15-19(26)23-21(28)24(20(15)27)16-7-5-4-6-12(16)2/h4-11H,3H2,1-2H3,(H,23,26,28). The van der Waals surface area contributed by atoms with E-state index in [1.54, 1.807) is 56.3 Å². The van der Waals surface area contributed by atoms with E-state index < -0.39 is 23.8 Å². The van der Waals surface area contributed by atoms with Gasteiger partial charge in [-0.1, -0.05) is 41.1 Å². The molecular formula is C21H17BrN2O5. The van der Waals surface area contributed by atoms with Crippen LogP contribution in [0.2, 0.25) is 0 Å². The minimum Gasteiger partial charge on any atom is -0.426 e. The molecule has 29 heavy (non-hydrogen) atoms. The minimum absolute atomic E-state index is 0.168. The van der Waals surface area contributed by atoms with Crippen molar-refractivity contribution in [2.45, 2.75) is 20.3 Å². The summed E-state index contributed by atoms with van der Waals surface area (Å²) in [5.74, 6) is -1.84. The fraction of sp³-hybridized carbons (Fsp3) is 0.143.